The van der Waals surface area contributed by atoms with E-state index in [1.165, 1.54) is 13.0 Å². The quantitative estimate of drug-likeness (QED) is 0.652. The smallest absolute Gasteiger partial charge is 0.0624 e. The average molecular weight is 180 g/mol. The Morgan fingerprint density at radius 2 is 2.23 bits per heavy atom. The van der Waals surface area contributed by atoms with Gasteiger partial charge in [-0.05, 0) is 30.8 Å². The second-order valence-corrected chi connectivity index (χ2v) is 4.71. The summed E-state index contributed by atoms with van der Waals surface area (Å²) in [5.74, 6) is 0.597. The van der Waals surface area contributed by atoms with Gasteiger partial charge in [0.1, 0.15) is 0 Å². The van der Waals surface area contributed by atoms with Crippen LogP contribution < -0.4 is 0 Å². The van der Waals surface area contributed by atoms with Crippen molar-refractivity contribution in [3.8, 4) is 6.07 Å². The summed E-state index contributed by atoms with van der Waals surface area (Å²) in [6.45, 7) is 10.2. The zero-order valence-electron chi connectivity index (χ0n) is 9.01. The molecule has 13 heavy (non-hydrogen) atoms. The van der Waals surface area contributed by atoms with Crippen LogP contribution in [-0.4, -0.2) is 24.5 Å². The van der Waals surface area contributed by atoms with Crippen LogP contribution in [0.5, 0.6) is 0 Å². The lowest BCUT2D eigenvalue weighted by atomic mass is 9.72. The summed E-state index contributed by atoms with van der Waals surface area (Å²) in [5, 5.41) is 8.71. The van der Waals surface area contributed by atoms with E-state index in [4.69, 9.17) is 5.26 Å². The van der Waals surface area contributed by atoms with Gasteiger partial charge in [0.25, 0.3) is 0 Å². The van der Waals surface area contributed by atoms with Crippen LogP contribution >= 0.6 is 0 Å². The minimum atomic E-state index is 0.323. The van der Waals surface area contributed by atoms with Crippen molar-refractivity contribution in [2.75, 3.05) is 19.6 Å². The maximum absolute atomic E-state index is 8.71. The van der Waals surface area contributed by atoms with Crippen molar-refractivity contribution in [2.45, 2.75) is 33.6 Å². The summed E-state index contributed by atoms with van der Waals surface area (Å²) in [6.07, 6.45) is 1.92. The van der Waals surface area contributed by atoms with Crippen molar-refractivity contribution in [1.29, 1.82) is 5.26 Å². The molecule has 0 saturated carbocycles. The van der Waals surface area contributed by atoms with Crippen molar-refractivity contribution in [3.63, 3.8) is 0 Å². The fourth-order valence-electron chi connectivity index (χ4n) is 2.27. The van der Waals surface area contributed by atoms with E-state index in [2.05, 4.69) is 31.7 Å². The van der Waals surface area contributed by atoms with E-state index in [9.17, 15) is 0 Å². The molecule has 0 radical (unpaired) electrons. The Bertz CT molecular complexity index is 203. The van der Waals surface area contributed by atoms with Gasteiger partial charge in [-0.2, -0.15) is 5.26 Å². The first kappa shape index (κ1) is 10.5. The number of hydrogen-bond donors (Lipinski definition) is 0. The first-order valence-corrected chi connectivity index (χ1v) is 5.19. The molecule has 1 aliphatic rings. The van der Waals surface area contributed by atoms with Crippen LogP contribution in [0.3, 0.4) is 0 Å². The van der Waals surface area contributed by atoms with E-state index in [1.807, 2.05) is 0 Å². The van der Waals surface area contributed by atoms with Gasteiger partial charge in [-0.3, -0.25) is 0 Å². The molecule has 1 saturated heterocycles. The largest absolute Gasteiger partial charge is 0.303 e. The number of rotatable bonds is 2. The molecule has 1 atom stereocenters. The first-order valence-electron chi connectivity index (χ1n) is 5.19. The van der Waals surface area contributed by atoms with E-state index in [-0.39, 0.29) is 0 Å². The Balaban J connectivity index is 2.57. The van der Waals surface area contributed by atoms with Crippen molar-refractivity contribution in [1.82, 2.24) is 4.90 Å². The topological polar surface area (TPSA) is 27.0 Å². The number of piperidine rings is 1. The SMILES string of the molecule is CCN1CCC(CC#N)C(C)(C)C1. The van der Waals surface area contributed by atoms with Crippen molar-refractivity contribution < 1.29 is 0 Å². The molecule has 0 spiro atoms. The molecule has 1 aliphatic heterocycles. The van der Waals surface area contributed by atoms with Crippen molar-refractivity contribution in [3.05, 3.63) is 0 Å². The number of likely N-dealkylation sites (tertiary alicyclic amines) is 1. The minimum Gasteiger partial charge on any atom is -0.303 e. The normalized spacial score (nSPS) is 28.3. The molecule has 0 amide bonds. The van der Waals surface area contributed by atoms with Crippen LogP contribution in [0.1, 0.15) is 33.6 Å². The van der Waals surface area contributed by atoms with E-state index in [0.29, 0.717) is 11.3 Å². The van der Waals surface area contributed by atoms with Crippen LogP contribution in [0.15, 0.2) is 0 Å². The molecule has 1 fully saturated rings. The fraction of sp³-hybridized carbons (Fsp3) is 0.909. The highest BCUT2D eigenvalue weighted by Gasteiger charge is 2.34. The summed E-state index contributed by atoms with van der Waals surface area (Å²) >= 11 is 0. The number of nitrogens with zero attached hydrogens (tertiary/aromatic N) is 2. The molecule has 0 N–H and O–H groups in total. The summed E-state index contributed by atoms with van der Waals surface area (Å²) in [7, 11) is 0. The Kier molecular flexibility index (Phi) is 3.33. The number of hydrogen-bond acceptors (Lipinski definition) is 2. The van der Waals surface area contributed by atoms with Crippen LogP contribution in [0.2, 0.25) is 0 Å². The summed E-state index contributed by atoms with van der Waals surface area (Å²) < 4.78 is 0. The maximum Gasteiger partial charge on any atom is 0.0624 e. The molecule has 2 nitrogen and oxygen atoms in total. The molecule has 1 heterocycles. The highest BCUT2D eigenvalue weighted by atomic mass is 15.1. The van der Waals surface area contributed by atoms with Crippen LogP contribution in [0.25, 0.3) is 0 Å². The summed E-state index contributed by atoms with van der Waals surface area (Å²) in [5.41, 5.74) is 0.323. The Hall–Kier alpha value is -0.550. The molecule has 2 heteroatoms. The predicted molar refractivity (Wildman–Crippen MR) is 54.2 cm³/mol. The Labute approximate surface area is 81.5 Å². The molecule has 0 aromatic carbocycles. The van der Waals surface area contributed by atoms with Crippen LogP contribution in [-0.2, 0) is 0 Å². The standard InChI is InChI=1S/C11H20N2/c1-4-13-8-6-10(5-7-12)11(2,3)9-13/h10H,4-6,8-9H2,1-3H3. The summed E-state index contributed by atoms with van der Waals surface area (Å²) in [4.78, 5) is 2.48. The summed E-state index contributed by atoms with van der Waals surface area (Å²) in [6, 6.07) is 2.31. The van der Waals surface area contributed by atoms with Gasteiger partial charge in [-0.15, -0.1) is 0 Å². The van der Waals surface area contributed by atoms with Gasteiger partial charge in [0, 0.05) is 13.0 Å². The van der Waals surface area contributed by atoms with Gasteiger partial charge in [0.2, 0.25) is 0 Å². The minimum absolute atomic E-state index is 0.323. The molecule has 0 aromatic heterocycles. The third-order valence-electron chi connectivity index (χ3n) is 3.31. The lowest BCUT2D eigenvalue weighted by Gasteiger charge is -2.43. The monoisotopic (exact) mass is 180 g/mol. The van der Waals surface area contributed by atoms with Gasteiger partial charge >= 0.3 is 0 Å². The number of nitriles is 1. The van der Waals surface area contributed by atoms with E-state index < -0.39 is 0 Å². The maximum atomic E-state index is 8.71. The molecule has 74 valence electrons. The zero-order chi connectivity index (χ0) is 9.90. The Morgan fingerprint density at radius 3 is 2.69 bits per heavy atom. The molecular formula is C11H20N2. The zero-order valence-corrected chi connectivity index (χ0v) is 9.01. The van der Waals surface area contributed by atoms with E-state index >= 15 is 0 Å². The Morgan fingerprint density at radius 1 is 1.54 bits per heavy atom. The van der Waals surface area contributed by atoms with Gasteiger partial charge < -0.3 is 4.90 Å². The third-order valence-corrected chi connectivity index (χ3v) is 3.31. The lowest BCUT2D eigenvalue weighted by molar-refractivity contribution is 0.0611. The van der Waals surface area contributed by atoms with Gasteiger partial charge in [-0.25, -0.2) is 0 Å². The second kappa shape index (κ2) is 4.11. The van der Waals surface area contributed by atoms with Crippen molar-refractivity contribution >= 4 is 0 Å². The molecular weight excluding hydrogens is 160 g/mol. The van der Waals surface area contributed by atoms with Gasteiger partial charge in [0.15, 0.2) is 0 Å². The average Bonchev–Trinajstić information content (AvgIpc) is 2.08. The molecule has 0 bridgehead atoms. The first-order chi connectivity index (χ1) is 6.10. The fourth-order valence-corrected chi connectivity index (χ4v) is 2.27. The van der Waals surface area contributed by atoms with Gasteiger partial charge in [-0.1, -0.05) is 20.8 Å². The van der Waals surface area contributed by atoms with E-state index in [0.717, 1.165) is 19.5 Å². The lowest BCUT2D eigenvalue weighted by Crippen LogP contribution is -2.45. The van der Waals surface area contributed by atoms with Crippen molar-refractivity contribution in [2.24, 2.45) is 11.3 Å². The molecule has 0 aliphatic carbocycles. The molecule has 0 aromatic rings. The second-order valence-electron chi connectivity index (χ2n) is 4.71. The molecule has 1 unspecified atom stereocenters. The highest BCUT2D eigenvalue weighted by Crippen LogP contribution is 2.36. The van der Waals surface area contributed by atoms with Crippen LogP contribution in [0.4, 0.5) is 0 Å². The molecule has 1 rings (SSSR count). The van der Waals surface area contributed by atoms with Gasteiger partial charge in [0.05, 0.1) is 6.07 Å². The highest BCUT2D eigenvalue weighted by molar-refractivity contribution is 4.91. The van der Waals surface area contributed by atoms with Crippen LogP contribution in [0, 0.1) is 22.7 Å². The van der Waals surface area contributed by atoms with E-state index in [1.54, 1.807) is 0 Å². The predicted octanol–water partition coefficient (Wildman–Crippen LogP) is 2.27. The third kappa shape index (κ3) is 2.45.